The highest BCUT2D eigenvalue weighted by molar-refractivity contribution is 5.91. The van der Waals surface area contributed by atoms with Gasteiger partial charge in [-0.15, -0.1) is 0 Å². The molecule has 13 heteroatoms. The lowest BCUT2D eigenvalue weighted by Gasteiger charge is -2.41. The van der Waals surface area contributed by atoms with Gasteiger partial charge in [-0.2, -0.15) is 0 Å². The monoisotopic (exact) mass is 506 g/mol. The number of carbonyl (C=O) groups excluding carboxylic acids is 2. The van der Waals surface area contributed by atoms with E-state index in [4.69, 9.17) is 9.47 Å². The van der Waals surface area contributed by atoms with Gasteiger partial charge in [0.2, 0.25) is 0 Å². The van der Waals surface area contributed by atoms with Gasteiger partial charge >= 0.3 is 17.9 Å². The van der Waals surface area contributed by atoms with Crippen LogP contribution in [0.15, 0.2) is 36.4 Å². The second-order valence-corrected chi connectivity index (χ2v) is 8.00. The summed E-state index contributed by atoms with van der Waals surface area (Å²) in [5.74, 6) is -7.61. The summed E-state index contributed by atoms with van der Waals surface area (Å²) >= 11 is 0. The van der Waals surface area contributed by atoms with Crippen molar-refractivity contribution in [1.82, 2.24) is 0 Å². The fourth-order valence-corrected chi connectivity index (χ4v) is 3.56. The van der Waals surface area contributed by atoms with Crippen molar-refractivity contribution in [3.05, 3.63) is 47.5 Å². The molecule has 2 aromatic rings. The Hall–Kier alpha value is -4.49. The molecule has 0 bridgehead atoms. The number of esters is 2. The average molecular weight is 506 g/mol. The first kappa shape index (κ1) is 26.1. The van der Waals surface area contributed by atoms with Gasteiger partial charge in [-0.05, 0) is 48.7 Å². The van der Waals surface area contributed by atoms with E-state index in [1.807, 2.05) is 0 Å². The Morgan fingerprint density at radius 1 is 0.917 bits per heavy atom. The molecule has 4 atom stereocenters. The Labute approximate surface area is 202 Å². The molecule has 1 aliphatic rings. The number of carboxylic acid groups (broad SMARTS) is 1. The Morgan fingerprint density at radius 3 is 2.14 bits per heavy atom. The number of hydrogen-bond acceptors (Lipinski definition) is 12. The summed E-state index contributed by atoms with van der Waals surface area (Å²) < 4.78 is 10.3. The maximum Gasteiger partial charge on any atom is 0.338 e. The van der Waals surface area contributed by atoms with Crippen molar-refractivity contribution < 1.29 is 64.7 Å². The highest BCUT2D eigenvalue weighted by atomic mass is 16.6. The number of aromatic hydroxyl groups is 5. The van der Waals surface area contributed by atoms with E-state index in [0.29, 0.717) is 5.56 Å². The minimum atomic E-state index is -2.74. The van der Waals surface area contributed by atoms with Crippen LogP contribution in [0.2, 0.25) is 0 Å². The van der Waals surface area contributed by atoms with E-state index in [9.17, 15) is 55.2 Å². The zero-order valence-corrected chi connectivity index (χ0v) is 18.3. The van der Waals surface area contributed by atoms with Crippen LogP contribution in [0.25, 0.3) is 6.08 Å². The van der Waals surface area contributed by atoms with Crippen LogP contribution in [0.5, 0.6) is 28.7 Å². The number of phenolic OH excluding ortho intramolecular Hbond substituents is 5. The van der Waals surface area contributed by atoms with Crippen LogP contribution >= 0.6 is 0 Å². The minimum Gasteiger partial charge on any atom is -0.504 e. The number of aliphatic hydroxyl groups is 2. The highest BCUT2D eigenvalue weighted by Gasteiger charge is 2.55. The van der Waals surface area contributed by atoms with Gasteiger partial charge < -0.3 is 50.3 Å². The third kappa shape index (κ3) is 5.26. The largest absolute Gasteiger partial charge is 0.504 e. The first-order chi connectivity index (χ1) is 16.8. The zero-order valence-electron chi connectivity index (χ0n) is 18.3. The molecular weight excluding hydrogens is 484 g/mol. The van der Waals surface area contributed by atoms with Crippen molar-refractivity contribution in [2.75, 3.05) is 0 Å². The molecule has 0 unspecified atom stereocenters. The van der Waals surface area contributed by atoms with Crippen LogP contribution < -0.4 is 0 Å². The quantitative estimate of drug-likeness (QED) is 0.150. The molecule has 0 heterocycles. The molecule has 1 fully saturated rings. The van der Waals surface area contributed by atoms with Crippen LogP contribution in [-0.4, -0.2) is 82.7 Å². The van der Waals surface area contributed by atoms with Crippen LogP contribution in [0.1, 0.15) is 28.8 Å². The first-order valence-corrected chi connectivity index (χ1v) is 10.3. The van der Waals surface area contributed by atoms with E-state index in [1.165, 1.54) is 18.2 Å². The summed E-state index contributed by atoms with van der Waals surface area (Å²) in [6.07, 6.45) is -4.32. The summed E-state index contributed by atoms with van der Waals surface area (Å²) in [4.78, 5) is 36.5. The molecule has 13 nitrogen and oxygen atoms in total. The molecule has 1 aliphatic carbocycles. The number of aliphatic hydroxyl groups excluding tert-OH is 1. The normalized spacial score (nSPS) is 23.8. The summed E-state index contributed by atoms with van der Waals surface area (Å²) in [5, 5.41) is 77.8. The van der Waals surface area contributed by atoms with Crippen molar-refractivity contribution in [2.24, 2.45) is 0 Å². The predicted octanol–water partition coefficient (Wildman–Crippen LogP) is 0.336. The maximum atomic E-state index is 12.6. The molecule has 192 valence electrons. The second-order valence-electron chi connectivity index (χ2n) is 8.00. The summed E-state index contributed by atoms with van der Waals surface area (Å²) in [7, 11) is 0. The van der Waals surface area contributed by atoms with Gasteiger partial charge in [0.1, 0.15) is 12.2 Å². The topological polar surface area (TPSA) is 232 Å². The van der Waals surface area contributed by atoms with Crippen molar-refractivity contribution in [2.45, 2.75) is 36.8 Å². The van der Waals surface area contributed by atoms with Crippen molar-refractivity contribution >= 4 is 24.0 Å². The first-order valence-electron chi connectivity index (χ1n) is 10.3. The van der Waals surface area contributed by atoms with E-state index in [-0.39, 0.29) is 12.2 Å². The fraction of sp³-hybridized carbons (Fsp3) is 0.261. The molecule has 1 saturated carbocycles. The number of aliphatic carboxylic acids is 1. The Balaban J connectivity index is 1.83. The van der Waals surface area contributed by atoms with E-state index < -0.39 is 76.8 Å². The summed E-state index contributed by atoms with van der Waals surface area (Å²) in [6.45, 7) is 0. The summed E-state index contributed by atoms with van der Waals surface area (Å²) in [5.41, 5.74) is -2.94. The Bertz CT molecular complexity index is 1200. The smallest absolute Gasteiger partial charge is 0.338 e. The Kier molecular flexibility index (Phi) is 7.27. The lowest BCUT2D eigenvalue weighted by molar-refractivity contribution is -0.211. The van der Waals surface area contributed by atoms with Crippen molar-refractivity contribution in [3.63, 3.8) is 0 Å². The maximum absolute atomic E-state index is 12.6. The molecule has 0 aliphatic heterocycles. The van der Waals surface area contributed by atoms with Gasteiger partial charge in [0, 0.05) is 6.08 Å². The third-order valence-electron chi connectivity index (χ3n) is 5.57. The van der Waals surface area contributed by atoms with Gasteiger partial charge in [-0.1, -0.05) is 6.07 Å². The average Bonchev–Trinajstić information content (AvgIpc) is 2.82. The number of hydrogen-bond donors (Lipinski definition) is 8. The number of benzene rings is 2. The molecule has 2 aromatic carbocycles. The van der Waals surface area contributed by atoms with Crippen LogP contribution in [0.3, 0.4) is 0 Å². The molecule has 0 amide bonds. The minimum absolute atomic E-state index is 0.307. The summed E-state index contributed by atoms with van der Waals surface area (Å²) in [6, 6.07) is 5.17. The molecule has 0 radical (unpaired) electrons. The lowest BCUT2D eigenvalue weighted by Crippen LogP contribution is -2.63. The van der Waals surface area contributed by atoms with E-state index in [2.05, 4.69) is 0 Å². The number of rotatable bonds is 6. The van der Waals surface area contributed by atoms with E-state index in [0.717, 1.165) is 24.3 Å². The number of phenols is 5. The third-order valence-corrected chi connectivity index (χ3v) is 5.57. The standard InChI is InChI=1S/C23H22O13/c24-12-3-1-10(7-13(12)25)2-4-17(28)35-16-5-6-23(34,22(32)33)20(30)19(16)36-21(31)11-8-14(26)18(29)15(27)9-11/h1-4,7-9,16,19-20,24-27,29-30,34H,5-6H2,(H,32,33)/b4-2+/t16-,19+,20+,23-/m1/s1. The lowest BCUT2D eigenvalue weighted by atomic mass is 9.78. The SMILES string of the molecule is O=C(/C=C/c1ccc(O)c(O)c1)O[C@@H]1CC[C@](O)(C(=O)O)[C@@H](O)[C@H]1OC(=O)c1cc(O)c(O)c(O)c1. The van der Waals surface area contributed by atoms with Crippen LogP contribution in [0, 0.1) is 0 Å². The molecule has 3 rings (SSSR count). The van der Waals surface area contributed by atoms with Crippen LogP contribution in [-0.2, 0) is 19.1 Å². The van der Waals surface area contributed by atoms with Crippen molar-refractivity contribution in [3.8, 4) is 28.7 Å². The second kappa shape index (κ2) is 10.0. The Morgan fingerprint density at radius 2 is 1.56 bits per heavy atom. The zero-order chi connectivity index (χ0) is 26.8. The van der Waals surface area contributed by atoms with E-state index >= 15 is 0 Å². The van der Waals surface area contributed by atoms with Gasteiger partial charge in [-0.3, -0.25) is 0 Å². The van der Waals surface area contributed by atoms with E-state index in [1.54, 1.807) is 0 Å². The molecule has 8 N–H and O–H groups in total. The number of carboxylic acids is 1. The highest BCUT2D eigenvalue weighted by Crippen LogP contribution is 2.37. The number of ether oxygens (including phenoxy) is 2. The molecule has 0 spiro atoms. The molecule has 0 aromatic heterocycles. The molecular formula is C23H22O13. The van der Waals surface area contributed by atoms with Gasteiger partial charge in [-0.25, -0.2) is 14.4 Å². The molecule has 0 saturated heterocycles. The number of carbonyl (C=O) groups is 3. The molecule has 36 heavy (non-hydrogen) atoms. The van der Waals surface area contributed by atoms with Gasteiger partial charge in [0.25, 0.3) is 0 Å². The van der Waals surface area contributed by atoms with Crippen LogP contribution in [0.4, 0.5) is 0 Å². The van der Waals surface area contributed by atoms with Gasteiger partial charge in [0.05, 0.1) is 5.56 Å². The van der Waals surface area contributed by atoms with Gasteiger partial charge in [0.15, 0.2) is 40.5 Å². The predicted molar refractivity (Wildman–Crippen MR) is 117 cm³/mol. The fourth-order valence-electron chi connectivity index (χ4n) is 3.56. The van der Waals surface area contributed by atoms with Crippen molar-refractivity contribution in [1.29, 1.82) is 0 Å².